The molecule has 80 valence electrons. The van der Waals surface area contributed by atoms with Gasteiger partial charge in [0, 0.05) is 11.9 Å². The van der Waals surface area contributed by atoms with Crippen LogP contribution in [0, 0.1) is 6.92 Å². The summed E-state index contributed by atoms with van der Waals surface area (Å²) >= 11 is 0. The minimum Gasteiger partial charge on any atom is -0.508 e. The summed E-state index contributed by atoms with van der Waals surface area (Å²) in [5.74, 6) is 0.187. The Morgan fingerprint density at radius 2 is 2.20 bits per heavy atom. The largest absolute Gasteiger partial charge is 0.508 e. The maximum Gasteiger partial charge on any atom is 0.323 e. The number of aromatic hydroxyl groups is 1. The van der Waals surface area contributed by atoms with Gasteiger partial charge >= 0.3 is 6.03 Å². The van der Waals surface area contributed by atoms with Gasteiger partial charge in [-0.15, -0.1) is 0 Å². The van der Waals surface area contributed by atoms with Crippen molar-refractivity contribution in [3.63, 3.8) is 0 Å². The Balaban J connectivity index is 2.68. The second-order valence-corrected chi connectivity index (χ2v) is 3.10. The molecule has 0 fully saturated rings. The molecule has 0 aliphatic heterocycles. The van der Waals surface area contributed by atoms with E-state index >= 15 is 0 Å². The molecule has 0 bridgehead atoms. The summed E-state index contributed by atoms with van der Waals surface area (Å²) in [5.41, 5.74) is 1.49. The summed E-state index contributed by atoms with van der Waals surface area (Å²) in [5, 5.41) is 14.4. The van der Waals surface area contributed by atoms with Crippen molar-refractivity contribution in [3.8, 4) is 5.75 Å². The fraction of sp³-hybridized carbons (Fsp3) is 0.182. The van der Waals surface area contributed by atoms with Gasteiger partial charge in [0.2, 0.25) is 0 Å². The molecule has 15 heavy (non-hydrogen) atoms. The van der Waals surface area contributed by atoms with Gasteiger partial charge in [0.05, 0.1) is 0 Å². The summed E-state index contributed by atoms with van der Waals surface area (Å²) in [6.45, 7) is 3.62. The van der Waals surface area contributed by atoms with E-state index in [1.54, 1.807) is 24.4 Å². The third kappa shape index (κ3) is 3.34. The van der Waals surface area contributed by atoms with Crippen molar-refractivity contribution in [3.05, 3.63) is 36.0 Å². The topological polar surface area (TPSA) is 61.4 Å². The lowest BCUT2D eigenvalue weighted by Crippen LogP contribution is -2.24. The third-order valence-corrected chi connectivity index (χ3v) is 1.84. The molecule has 0 saturated carbocycles. The highest BCUT2D eigenvalue weighted by Crippen LogP contribution is 2.19. The minimum atomic E-state index is -0.304. The van der Waals surface area contributed by atoms with Crippen LogP contribution in [0.25, 0.3) is 0 Å². The van der Waals surface area contributed by atoms with E-state index in [2.05, 4.69) is 10.6 Å². The second-order valence-electron chi connectivity index (χ2n) is 3.10. The Morgan fingerprint density at radius 1 is 1.47 bits per heavy atom. The number of amides is 2. The molecule has 1 rings (SSSR count). The number of anilines is 1. The fourth-order valence-electron chi connectivity index (χ4n) is 1.11. The molecule has 0 aliphatic rings. The van der Waals surface area contributed by atoms with Crippen LogP contribution < -0.4 is 10.6 Å². The molecule has 0 heterocycles. The number of aryl methyl sites for hydroxylation is 1. The van der Waals surface area contributed by atoms with E-state index in [0.717, 1.165) is 5.56 Å². The zero-order valence-electron chi connectivity index (χ0n) is 8.74. The summed E-state index contributed by atoms with van der Waals surface area (Å²) in [7, 11) is 0. The van der Waals surface area contributed by atoms with Crippen LogP contribution in [0.15, 0.2) is 30.5 Å². The lowest BCUT2D eigenvalue weighted by Gasteiger charge is -2.07. The zero-order valence-corrected chi connectivity index (χ0v) is 8.74. The van der Waals surface area contributed by atoms with Crippen molar-refractivity contribution < 1.29 is 9.90 Å². The van der Waals surface area contributed by atoms with E-state index in [-0.39, 0.29) is 11.8 Å². The SMILES string of the molecule is C/C=C/NC(=O)Nc1ccc(O)cc1C. The number of carbonyl (C=O) groups excluding carboxylic acids is 1. The van der Waals surface area contributed by atoms with Gasteiger partial charge in [-0.3, -0.25) is 0 Å². The lowest BCUT2D eigenvalue weighted by atomic mass is 10.2. The number of phenols is 1. The monoisotopic (exact) mass is 206 g/mol. The predicted molar refractivity (Wildman–Crippen MR) is 59.8 cm³/mol. The molecule has 0 spiro atoms. The van der Waals surface area contributed by atoms with Gasteiger partial charge < -0.3 is 15.7 Å². The first-order valence-corrected chi connectivity index (χ1v) is 4.62. The highest BCUT2D eigenvalue weighted by Gasteiger charge is 2.02. The quantitative estimate of drug-likeness (QED) is 0.650. The molecule has 1 aromatic rings. The average molecular weight is 206 g/mol. The Bertz CT molecular complexity index is 386. The number of phenolic OH excluding ortho intramolecular Hbond substituents is 1. The fourth-order valence-corrected chi connectivity index (χ4v) is 1.11. The maximum absolute atomic E-state index is 11.3. The summed E-state index contributed by atoms with van der Waals surface area (Å²) in [6, 6.07) is 4.46. The number of carbonyl (C=O) groups is 1. The van der Waals surface area contributed by atoms with Crippen LogP contribution in [0.4, 0.5) is 10.5 Å². The van der Waals surface area contributed by atoms with E-state index < -0.39 is 0 Å². The number of nitrogens with one attached hydrogen (secondary N) is 2. The van der Waals surface area contributed by atoms with Crippen molar-refractivity contribution in [1.82, 2.24) is 5.32 Å². The van der Waals surface area contributed by atoms with Crippen molar-refractivity contribution in [2.75, 3.05) is 5.32 Å². The number of allylic oxidation sites excluding steroid dienone is 1. The molecule has 0 aliphatic carbocycles. The summed E-state index contributed by atoms with van der Waals surface area (Å²) in [6.07, 6.45) is 3.27. The van der Waals surface area contributed by atoms with Gasteiger partial charge in [0.1, 0.15) is 5.75 Å². The van der Waals surface area contributed by atoms with Crippen LogP contribution >= 0.6 is 0 Å². The molecular weight excluding hydrogens is 192 g/mol. The van der Waals surface area contributed by atoms with Crippen molar-refractivity contribution in [1.29, 1.82) is 0 Å². The molecule has 3 N–H and O–H groups in total. The van der Waals surface area contributed by atoms with Gasteiger partial charge in [0.25, 0.3) is 0 Å². The average Bonchev–Trinajstić information content (AvgIpc) is 2.19. The number of hydrogen-bond acceptors (Lipinski definition) is 2. The summed E-state index contributed by atoms with van der Waals surface area (Å²) in [4.78, 5) is 11.3. The molecule has 0 aromatic heterocycles. The molecule has 0 unspecified atom stereocenters. The molecule has 4 heteroatoms. The number of hydrogen-bond donors (Lipinski definition) is 3. The van der Waals surface area contributed by atoms with Crippen molar-refractivity contribution >= 4 is 11.7 Å². The van der Waals surface area contributed by atoms with Crippen LogP contribution in [-0.4, -0.2) is 11.1 Å². The Labute approximate surface area is 88.6 Å². The molecule has 0 atom stereocenters. The Morgan fingerprint density at radius 3 is 2.80 bits per heavy atom. The Kier molecular flexibility index (Phi) is 3.74. The number of urea groups is 1. The molecular formula is C11H14N2O2. The first kappa shape index (κ1) is 11.1. The van der Waals surface area contributed by atoms with Gasteiger partial charge in [0.15, 0.2) is 0 Å². The van der Waals surface area contributed by atoms with Crippen molar-refractivity contribution in [2.24, 2.45) is 0 Å². The van der Waals surface area contributed by atoms with E-state index in [9.17, 15) is 9.90 Å². The standard InChI is InChI=1S/C11H14N2O2/c1-3-6-12-11(15)13-10-5-4-9(14)7-8(10)2/h3-7,14H,1-2H3,(H2,12,13,15)/b6-3+. The lowest BCUT2D eigenvalue weighted by molar-refractivity contribution is 0.255. The van der Waals surface area contributed by atoms with E-state index in [0.29, 0.717) is 5.69 Å². The predicted octanol–water partition coefficient (Wildman–Crippen LogP) is 2.36. The van der Waals surface area contributed by atoms with E-state index in [4.69, 9.17) is 0 Å². The summed E-state index contributed by atoms with van der Waals surface area (Å²) < 4.78 is 0. The van der Waals surface area contributed by atoms with E-state index in [1.165, 1.54) is 6.07 Å². The number of benzene rings is 1. The first-order chi connectivity index (χ1) is 7.13. The van der Waals surface area contributed by atoms with Gasteiger partial charge in [-0.25, -0.2) is 4.79 Å². The highest BCUT2D eigenvalue weighted by molar-refractivity contribution is 5.90. The second kappa shape index (κ2) is 5.05. The molecule has 2 amide bonds. The molecule has 0 saturated heterocycles. The molecule has 0 radical (unpaired) electrons. The normalized spacial score (nSPS) is 10.3. The highest BCUT2D eigenvalue weighted by atomic mass is 16.3. The smallest absolute Gasteiger partial charge is 0.323 e. The van der Waals surface area contributed by atoms with E-state index in [1.807, 2.05) is 13.8 Å². The first-order valence-electron chi connectivity index (χ1n) is 4.62. The van der Waals surface area contributed by atoms with Crippen LogP contribution in [-0.2, 0) is 0 Å². The van der Waals surface area contributed by atoms with Crippen LogP contribution in [0.2, 0.25) is 0 Å². The van der Waals surface area contributed by atoms with Crippen LogP contribution in [0.5, 0.6) is 5.75 Å². The van der Waals surface area contributed by atoms with Crippen LogP contribution in [0.3, 0.4) is 0 Å². The third-order valence-electron chi connectivity index (χ3n) is 1.84. The minimum absolute atomic E-state index is 0.187. The van der Waals surface area contributed by atoms with Gasteiger partial charge in [-0.2, -0.15) is 0 Å². The maximum atomic E-state index is 11.3. The van der Waals surface area contributed by atoms with Gasteiger partial charge in [-0.1, -0.05) is 6.08 Å². The molecule has 1 aromatic carbocycles. The van der Waals surface area contributed by atoms with Gasteiger partial charge in [-0.05, 0) is 37.6 Å². The van der Waals surface area contributed by atoms with Crippen molar-refractivity contribution in [2.45, 2.75) is 13.8 Å². The zero-order chi connectivity index (χ0) is 11.3. The van der Waals surface area contributed by atoms with Crippen LogP contribution in [0.1, 0.15) is 12.5 Å². The number of rotatable bonds is 2. The Hall–Kier alpha value is -1.97. The molecule has 4 nitrogen and oxygen atoms in total.